The lowest BCUT2D eigenvalue weighted by Gasteiger charge is -2.25. The van der Waals surface area contributed by atoms with Crippen molar-refractivity contribution in [2.24, 2.45) is 10.1 Å². The standard InChI is InChI=1S/C17H15F4N3O4S/c1-28-14-7-4-11(8-13(14)18)24-9-16(25,17(19,20)21)23-15(24)10-2-5-12(6-3-10)29(22,26)27/h2-8,25H,9H2,1H3,(H2,22,26,27). The Morgan fingerprint density at radius 3 is 2.31 bits per heavy atom. The fourth-order valence-electron chi connectivity index (χ4n) is 2.77. The molecular weight excluding hydrogens is 418 g/mol. The van der Waals surface area contributed by atoms with Crippen molar-refractivity contribution < 1.29 is 35.8 Å². The Hall–Kier alpha value is -2.70. The van der Waals surface area contributed by atoms with Gasteiger partial charge >= 0.3 is 6.18 Å². The highest BCUT2D eigenvalue weighted by molar-refractivity contribution is 7.89. The molecule has 1 atom stereocenters. The molecule has 0 saturated heterocycles. The molecule has 0 radical (unpaired) electrons. The van der Waals surface area contributed by atoms with E-state index in [2.05, 4.69) is 4.99 Å². The number of hydrogen-bond donors (Lipinski definition) is 2. The SMILES string of the molecule is COc1ccc(N2CC(O)(C(F)(F)F)N=C2c2ccc(S(N)(=O)=O)cc2)cc1F. The Morgan fingerprint density at radius 1 is 1.21 bits per heavy atom. The lowest BCUT2D eigenvalue weighted by atomic mass is 10.1. The van der Waals surface area contributed by atoms with E-state index in [1.54, 1.807) is 0 Å². The Morgan fingerprint density at radius 2 is 1.83 bits per heavy atom. The average Bonchev–Trinajstić information content (AvgIpc) is 3.00. The Balaban J connectivity index is 2.10. The number of amidine groups is 1. The summed E-state index contributed by atoms with van der Waals surface area (Å²) in [5, 5.41) is 15.1. The number of anilines is 1. The number of primary sulfonamides is 1. The Kier molecular flexibility index (Phi) is 5.05. The third-order valence-electron chi connectivity index (χ3n) is 4.27. The molecule has 0 amide bonds. The van der Waals surface area contributed by atoms with Crippen molar-refractivity contribution in [3.63, 3.8) is 0 Å². The minimum atomic E-state index is -5.10. The summed E-state index contributed by atoms with van der Waals surface area (Å²) in [7, 11) is -2.78. The molecule has 0 bridgehead atoms. The highest BCUT2D eigenvalue weighted by atomic mass is 32.2. The van der Waals surface area contributed by atoms with Gasteiger partial charge in [-0.05, 0) is 36.4 Å². The molecule has 1 aliphatic rings. The summed E-state index contributed by atoms with van der Waals surface area (Å²) in [6.07, 6.45) is -5.10. The largest absolute Gasteiger partial charge is 0.494 e. The summed E-state index contributed by atoms with van der Waals surface area (Å²) in [5.41, 5.74) is -3.39. The molecule has 7 nitrogen and oxygen atoms in total. The van der Waals surface area contributed by atoms with Crippen LogP contribution in [0.15, 0.2) is 52.4 Å². The molecule has 0 aromatic heterocycles. The topological polar surface area (TPSA) is 105 Å². The van der Waals surface area contributed by atoms with Gasteiger partial charge in [0, 0.05) is 17.3 Å². The fraction of sp³-hybridized carbons (Fsp3) is 0.235. The van der Waals surface area contributed by atoms with Crippen molar-refractivity contribution in [3.8, 4) is 5.75 Å². The lowest BCUT2D eigenvalue weighted by molar-refractivity contribution is -0.249. The number of aliphatic hydroxyl groups is 1. The molecule has 1 heterocycles. The molecule has 1 unspecified atom stereocenters. The molecule has 2 aromatic rings. The number of nitrogens with two attached hydrogens (primary N) is 1. The van der Waals surface area contributed by atoms with Crippen molar-refractivity contribution >= 4 is 21.5 Å². The minimum Gasteiger partial charge on any atom is -0.494 e. The van der Waals surface area contributed by atoms with Gasteiger partial charge in [-0.2, -0.15) is 13.2 Å². The zero-order valence-electron chi connectivity index (χ0n) is 14.8. The summed E-state index contributed by atoms with van der Waals surface area (Å²) < 4.78 is 81.7. The highest BCUT2D eigenvalue weighted by Crippen LogP contribution is 2.39. The molecule has 156 valence electrons. The number of benzene rings is 2. The number of ether oxygens (including phenoxy) is 1. The van der Waals surface area contributed by atoms with Gasteiger partial charge in [0.2, 0.25) is 10.0 Å². The highest BCUT2D eigenvalue weighted by Gasteiger charge is 2.59. The normalized spacial score (nSPS) is 20.0. The number of sulfonamides is 1. The molecule has 1 aliphatic heterocycles. The first-order valence-corrected chi connectivity index (χ1v) is 9.53. The van der Waals surface area contributed by atoms with Gasteiger partial charge in [-0.1, -0.05) is 0 Å². The Labute approximate surface area is 163 Å². The van der Waals surface area contributed by atoms with Crippen molar-refractivity contribution in [2.75, 3.05) is 18.6 Å². The van der Waals surface area contributed by atoms with Gasteiger partial charge in [0.15, 0.2) is 11.6 Å². The van der Waals surface area contributed by atoms with Crippen molar-refractivity contribution in [1.82, 2.24) is 0 Å². The number of hydrogen-bond acceptors (Lipinski definition) is 6. The molecule has 29 heavy (non-hydrogen) atoms. The van der Waals surface area contributed by atoms with Crippen LogP contribution in [0.25, 0.3) is 0 Å². The van der Waals surface area contributed by atoms with E-state index in [4.69, 9.17) is 9.88 Å². The number of alkyl halides is 3. The first kappa shape index (κ1) is 21.0. The van der Waals surface area contributed by atoms with Crippen molar-refractivity contribution in [3.05, 3.63) is 53.8 Å². The number of rotatable bonds is 4. The zero-order chi connectivity index (χ0) is 21.6. The molecule has 2 aromatic carbocycles. The van der Waals surface area contributed by atoms with E-state index in [0.717, 1.165) is 23.1 Å². The van der Waals surface area contributed by atoms with Gasteiger partial charge in [0.25, 0.3) is 5.72 Å². The van der Waals surface area contributed by atoms with Crippen LogP contribution < -0.4 is 14.8 Å². The van der Waals surface area contributed by atoms with Crippen LogP contribution >= 0.6 is 0 Å². The minimum absolute atomic E-state index is 0.0160. The average molecular weight is 433 g/mol. The Bertz CT molecular complexity index is 1070. The summed E-state index contributed by atoms with van der Waals surface area (Å²) in [5.74, 6) is -1.26. The van der Waals surface area contributed by atoms with Gasteiger partial charge in [0.05, 0.1) is 18.6 Å². The number of β-amino-alcohol motifs (C(OH)–C–C–N with tert-alkyl or cyclic N) is 1. The van der Waals surface area contributed by atoms with E-state index in [-0.39, 0.29) is 27.7 Å². The maximum atomic E-state index is 14.1. The van der Waals surface area contributed by atoms with Crippen LogP contribution in [0.1, 0.15) is 5.56 Å². The summed E-state index contributed by atoms with van der Waals surface area (Å²) in [4.78, 5) is 4.14. The number of halogens is 4. The quantitative estimate of drug-likeness (QED) is 0.718. The van der Waals surface area contributed by atoms with Gasteiger partial charge in [-0.15, -0.1) is 0 Å². The van der Waals surface area contributed by atoms with E-state index < -0.39 is 34.3 Å². The first-order valence-electron chi connectivity index (χ1n) is 7.99. The fourth-order valence-corrected chi connectivity index (χ4v) is 3.29. The molecule has 0 aliphatic carbocycles. The monoisotopic (exact) mass is 433 g/mol. The second kappa shape index (κ2) is 6.97. The van der Waals surface area contributed by atoms with Crippen molar-refractivity contribution in [1.29, 1.82) is 0 Å². The molecule has 3 N–H and O–H groups in total. The second-order valence-corrected chi connectivity index (χ2v) is 7.79. The van der Waals surface area contributed by atoms with Gasteiger partial charge in [0.1, 0.15) is 5.84 Å². The second-order valence-electron chi connectivity index (χ2n) is 6.22. The number of aliphatic imine (C=N–C) groups is 1. The van der Waals surface area contributed by atoms with Gasteiger partial charge < -0.3 is 14.7 Å². The van der Waals surface area contributed by atoms with E-state index in [9.17, 15) is 31.1 Å². The van der Waals surface area contributed by atoms with Gasteiger partial charge in [-0.3, -0.25) is 0 Å². The summed E-state index contributed by atoms with van der Waals surface area (Å²) >= 11 is 0. The molecular formula is C17H15F4N3O4S. The molecule has 0 spiro atoms. The van der Waals surface area contributed by atoms with E-state index in [0.29, 0.717) is 0 Å². The van der Waals surface area contributed by atoms with E-state index >= 15 is 0 Å². The maximum Gasteiger partial charge on any atom is 0.440 e. The van der Waals surface area contributed by atoms with Crippen LogP contribution in [0.3, 0.4) is 0 Å². The zero-order valence-corrected chi connectivity index (χ0v) is 15.6. The lowest BCUT2D eigenvalue weighted by Crippen LogP contribution is -2.47. The van der Waals surface area contributed by atoms with Crippen LogP contribution in [-0.4, -0.2) is 44.9 Å². The van der Waals surface area contributed by atoms with Crippen LogP contribution in [-0.2, 0) is 10.0 Å². The first-order chi connectivity index (χ1) is 13.4. The van der Waals surface area contributed by atoms with Crippen LogP contribution in [0, 0.1) is 5.82 Å². The van der Waals surface area contributed by atoms with Crippen LogP contribution in [0.4, 0.5) is 23.2 Å². The maximum absolute atomic E-state index is 14.1. The third kappa shape index (κ3) is 3.91. The number of nitrogens with zero attached hydrogens (tertiary/aromatic N) is 2. The predicted octanol–water partition coefficient (Wildman–Crippen LogP) is 2.00. The molecule has 12 heteroatoms. The van der Waals surface area contributed by atoms with Crippen molar-refractivity contribution in [2.45, 2.75) is 16.8 Å². The van der Waals surface area contributed by atoms with E-state index in [1.807, 2.05) is 0 Å². The molecule has 3 rings (SSSR count). The summed E-state index contributed by atoms with van der Waals surface area (Å²) in [6.45, 7) is -1.02. The smallest absolute Gasteiger partial charge is 0.440 e. The molecule has 0 saturated carbocycles. The van der Waals surface area contributed by atoms with E-state index in [1.165, 1.54) is 31.4 Å². The summed E-state index contributed by atoms with van der Waals surface area (Å²) in [6, 6.07) is 8.02. The molecule has 0 fully saturated rings. The van der Waals surface area contributed by atoms with Crippen LogP contribution in [0.2, 0.25) is 0 Å². The predicted molar refractivity (Wildman–Crippen MR) is 95.7 cm³/mol. The third-order valence-corrected chi connectivity index (χ3v) is 5.20. The number of methoxy groups -OCH3 is 1. The van der Waals surface area contributed by atoms with Gasteiger partial charge in [-0.25, -0.2) is 22.9 Å². The van der Waals surface area contributed by atoms with Crippen LogP contribution in [0.5, 0.6) is 5.75 Å².